The molecular formula is C19H30N2. The molecule has 0 aromatic heterocycles. The average molecular weight is 286 g/mol. The van der Waals surface area contributed by atoms with E-state index < -0.39 is 0 Å². The van der Waals surface area contributed by atoms with Crippen LogP contribution >= 0.6 is 0 Å². The van der Waals surface area contributed by atoms with E-state index in [4.69, 9.17) is 0 Å². The molecule has 1 saturated heterocycles. The number of aryl methyl sites for hydroxylation is 2. The Balaban J connectivity index is 1.49. The fourth-order valence-electron chi connectivity index (χ4n) is 3.76. The Morgan fingerprint density at radius 2 is 1.76 bits per heavy atom. The van der Waals surface area contributed by atoms with E-state index in [9.17, 15) is 0 Å². The van der Waals surface area contributed by atoms with Crippen LogP contribution in [-0.4, -0.2) is 31.1 Å². The van der Waals surface area contributed by atoms with E-state index in [2.05, 4.69) is 35.3 Å². The van der Waals surface area contributed by atoms with Gasteiger partial charge in [0.25, 0.3) is 0 Å². The van der Waals surface area contributed by atoms with Gasteiger partial charge in [-0.3, -0.25) is 0 Å². The zero-order valence-electron chi connectivity index (χ0n) is 13.5. The van der Waals surface area contributed by atoms with Gasteiger partial charge in [0.15, 0.2) is 0 Å². The van der Waals surface area contributed by atoms with Gasteiger partial charge >= 0.3 is 0 Å². The van der Waals surface area contributed by atoms with Crippen molar-refractivity contribution in [3.63, 3.8) is 0 Å². The van der Waals surface area contributed by atoms with Gasteiger partial charge in [-0.15, -0.1) is 0 Å². The summed E-state index contributed by atoms with van der Waals surface area (Å²) in [7, 11) is 0. The van der Waals surface area contributed by atoms with Crippen molar-refractivity contribution in [2.75, 3.05) is 26.2 Å². The van der Waals surface area contributed by atoms with E-state index in [0.29, 0.717) is 6.04 Å². The number of nitrogens with zero attached hydrogens (tertiary/aromatic N) is 1. The molecule has 1 aliphatic carbocycles. The second-order valence-corrected chi connectivity index (χ2v) is 6.81. The highest BCUT2D eigenvalue weighted by Crippen LogP contribution is 2.24. The molecule has 0 radical (unpaired) electrons. The molecule has 1 heterocycles. The van der Waals surface area contributed by atoms with Crippen LogP contribution in [0.3, 0.4) is 0 Å². The first-order chi connectivity index (χ1) is 10.3. The highest BCUT2D eigenvalue weighted by molar-refractivity contribution is 5.35. The first-order valence-corrected chi connectivity index (χ1v) is 8.90. The number of hydrogen-bond donors (Lipinski definition) is 1. The SMILES string of the molecule is CC(NCCN1CCCCC1)c1ccc2c(c1)CCCC2. The number of piperidine rings is 1. The van der Waals surface area contributed by atoms with Crippen LogP contribution < -0.4 is 5.32 Å². The van der Waals surface area contributed by atoms with Crippen LogP contribution in [0.1, 0.15) is 61.8 Å². The molecule has 1 aromatic carbocycles. The van der Waals surface area contributed by atoms with Crippen molar-refractivity contribution < 1.29 is 0 Å². The second-order valence-electron chi connectivity index (χ2n) is 6.81. The van der Waals surface area contributed by atoms with Gasteiger partial charge in [0.1, 0.15) is 0 Å². The number of hydrogen-bond acceptors (Lipinski definition) is 2. The molecule has 1 aliphatic heterocycles. The maximum Gasteiger partial charge on any atom is 0.0292 e. The van der Waals surface area contributed by atoms with Crippen LogP contribution in [0.4, 0.5) is 0 Å². The Morgan fingerprint density at radius 3 is 2.57 bits per heavy atom. The zero-order chi connectivity index (χ0) is 14.5. The monoisotopic (exact) mass is 286 g/mol. The van der Waals surface area contributed by atoms with E-state index in [0.717, 1.165) is 6.54 Å². The minimum Gasteiger partial charge on any atom is -0.309 e. The zero-order valence-corrected chi connectivity index (χ0v) is 13.5. The molecule has 1 unspecified atom stereocenters. The van der Waals surface area contributed by atoms with Gasteiger partial charge in [-0.1, -0.05) is 24.6 Å². The summed E-state index contributed by atoms with van der Waals surface area (Å²) in [6, 6.07) is 7.63. The minimum absolute atomic E-state index is 0.474. The largest absolute Gasteiger partial charge is 0.309 e. The number of nitrogens with one attached hydrogen (secondary N) is 1. The van der Waals surface area contributed by atoms with E-state index in [1.807, 2.05) is 0 Å². The lowest BCUT2D eigenvalue weighted by Gasteiger charge is -2.27. The third kappa shape index (κ3) is 4.08. The van der Waals surface area contributed by atoms with Crippen LogP contribution in [0.2, 0.25) is 0 Å². The normalized spacial score (nSPS) is 21.0. The molecule has 0 spiro atoms. The van der Waals surface area contributed by atoms with Crippen LogP contribution in [0, 0.1) is 0 Å². The van der Waals surface area contributed by atoms with Crippen molar-refractivity contribution >= 4 is 0 Å². The van der Waals surface area contributed by atoms with E-state index in [-0.39, 0.29) is 0 Å². The summed E-state index contributed by atoms with van der Waals surface area (Å²) in [5.74, 6) is 0. The van der Waals surface area contributed by atoms with Gasteiger partial charge in [-0.2, -0.15) is 0 Å². The van der Waals surface area contributed by atoms with Crippen LogP contribution in [0.25, 0.3) is 0 Å². The predicted octanol–water partition coefficient (Wildman–Crippen LogP) is 3.70. The molecule has 1 fully saturated rings. The molecule has 1 N–H and O–H groups in total. The molecule has 0 saturated carbocycles. The molecule has 2 aliphatic rings. The maximum absolute atomic E-state index is 3.71. The Morgan fingerprint density at radius 1 is 1.00 bits per heavy atom. The molecule has 2 heteroatoms. The maximum atomic E-state index is 3.71. The second kappa shape index (κ2) is 7.42. The minimum atomic E-state index is 0.474. The van der Waals surface area contributed by atoms with Gasteiger partial charge in [0, 0.05) is 19.1 Å². The molecule has 2 nitrogen and oxygen atoms in total. The van der Waals surface area contributed by atoms with Crippen molar-refractivity contribution in [1.82, 2.24) is 10.2 Å². The van der Waals surface area contributed by atoms with Crippen LogP contribution in [0.5, 0.6) is 0 Å². The van der Waals surface area contributed by atoms with Crippen LogP contribution in [0.15, 0.2) is 18.2 Å². The van der Waals surface area contributed by atoms with Crippen molar-refractivity contribution in [2.45, 2.75) is 57.9 Å². The van der Waals surface area contributed by atoms with Crippen molar-refractivity contribution in [3.05, 3.63) is 34.9 Å². The summed E-state index contributed by atoms with van der Waals surface area (Å²) in [4.78, 5) is 2.61. The van der Waals surface area contributed by atoms with Crippen molar-refractivity contribution in [2.24, 2.45) is 0 Å². The highest BCUT2D eigenvalue weighted by atomic mass is 15.1. The fourth-order valence-corrected chi connectivity index (χ4v) is 3.76. The van der Waals surface area contributed by atoms with Crippen LogP contribution in [-0.2, 0) is 12.8 Å². The van der Waals surface area contributed by atoms with Gasteiger partial charge in [0.05, 0.1) is 0 Å². The first kappa shape index (κ1) is 15.1. The summed E-state index contributed by atoms with van der Waals surface area (Å²) in [6.07, 6.45) is 9.51. The summed E-state index contributed by atoms with van der Waals surface area (Å²) in [6.45, 7) is 7.22. The van der Waals surface area contributed by atoms with Gasteiger partial charge in [-0.05, 0) is 75.2 Å². The van der Waals surface area contributed by atoms with Crippen molar-refractivity contribution in [3.8, 4) is 0 Å². The molecule has 1 aromatic rings. The fraction of sp³-hybridized carbons (Fsp3) is 0.684. The molecule has 116 valence electrons. The Bertz CT molecular complexity index is 449. The average Bonchev–Trinajstić information content (AvgIpc) is 2.55. The van der Waals surface area contributed by atoms with Gasteiger partial charge in [0.2, 0.25) is 0 Å². The summed E-state index contributed by atoms with van der Waals surface area (Å²) in [5, 5.41) is 3.71. The molecule has 0 amide bonds. The summed E-state index contributed by atoms with van der Waals surface area (Å²) in [5.41, 5.74) is 4.66. The molecular weight excluding hydrogens is 256 g/mol. The van der Waals surface area contributed by atoms with E-state index >= 15 is 0 Å². The lowest BCUT2D eigenvalue weighted by molar-refractivity contribution is 0.227. The molecule has 21 heavy (non-hydrogen) atoms. The first-order valence-electron chi connectivity index (χ1n) is 8.90. The summed E-state index contributed by atoms with van der Waals surface area (Å²) < 4.78 is 0. The number of rotatable bonds is 5. The van der Waals surface area contributed by atoms with E-state index in [1.54, 1.807) is 11.1 Å². The Hall–Kier alpha value is -0.860. The standard InChI is InChI=1S/C19H30N2/c1-16(20-11-14-21-12-5-2-6-13-21)18-10-9-17-7-3-4-8-19(17)15-18/h9-10,15-16,20H,2-8,11-14H2,1H3. The Labute approximate surface area is 129 Å². The quantitative estimate of drug-likeness (QED) is 0.888. The third-order valence-corrected chi connectivity index (χ3v) is 5.20. The predicted molar refractivity (Wildman–Crippen MR) is 89.8 cm³/mol. The molecule has 0 bridgehead atoms. The number of benzene rings is 1. The topological polar surface area (TPSA) is 15.3 Å². The summed E-state index contributed by atoms with van der Waals surface area (Å²) >= 11 is 0. The Kier molecular flexibility index (Phi) is 5.32. The highest BCUT2D eigenvalue weighted by Gasteiger charge is 2.13. The lowest BCUT2D eigenvalue weighted by atomic mass is 9.89. The van der Waals surface area contributed by atoms with Gasteiger partial charge in [-0.25, -0.2) is 0 Å². The van der Waals surface area contributed by atoms with Gasteiger partial charge < -0.3 is 10.2 Å². The van der Waals surface area contributed by atoms with E-state index in [1.165, 1.54) is 70.1 Å². The lowest BCUT2D eigenvalue weighted by Crippen LogP contribution is -2.36. The number of fused-ring (bicyclic) bond motifs is 1. The molecule has 3 rings (SSSR count). The molecule has 1 atom stereocenters. The number of likely N-dealkylation sites (tertiary alicyclic amines) is 1. The van der Waals surface area contributed by atoms with Crippen molar-refractivity contribution in [1.29, 1.82) is 0 Å². The smallest absolute Gasteiger partial charge is 0.0292 e. The third-order valence-electron chi connectivity index (χ3n) is 5.20.